The van der Waals surface area contributed by atoms with Gasteiger partial charge in [0.05, 0.1) is 6.07 Å². The fourth-order valence-corrected chi connectivity index (χ4v) is 2.75. The number of hydrogen-bond donors (Lipinski definition) is 1. The monoisotopic (exact) mass is 248 g/mol. The lowest BCUT2D eigenvalue weighted by molar-refractivity contribution is 0.560. The van der Waals surface area contributed by atoms with E-state index in [4.69, 9.17) is 5.73 Å². The number of unbranched alkanes of at least 4 members (excludes halogenated alkanes) is 1. The van der Waals surface area contributed by atoms with Gasteiger partial charge >= 0.3 is 0 Å². The van der Waals surface area contributed by atoms with Gasteiger partial charge in [-0.25, -0.2) is 0 Å². The molecule has 0 aliphatic rings. The molecule has 0 spiro atoms. The summed E-state index contributed by atoms with van der Waals surface area (Å²) in [5.74, 6) is 2.10. The van der Waals surface area contributed by atoms with Gasteiger partial charge in [-0.2, -0.15) is 17.0 Å². The number of hydrogen-bond acceptors (Lipinski definition) is 3. The summed E-state index contributed by atoms with van der Waals surface area (Å²) in [5, 5.41) is 9.26. The van der Waals surface area contributed by atoms with Gasteiger partial charge in [-0.15, -0.1) is 0 Å². The quantitative estimate of drug-likeness (QED) is 0.753. The molecule has 0 aromatic heterocycles. The van der Waals surface area contributed by atoms with Crippen LogP contribution >= 0.6 is 11.8 Å². The fourth-order valence-electron chi connectivity index (χ4n) is 1.58. The van der Waals surface area contributed by atoms with E-state index in [0.29, 0.717) is 6.42 Å². The largest absolute Gasteiger partial charge is 0.310 e. The van der Waals surface area contributed by atoms with Crippen LogP contribution in [-0.2, 0) is 5.54 Å². The highest BCUT2D eigenvalue weighted by atomic mass is 32.2. The molecule has 0 aliphatic heterocycles. The van der Waals surface area contributed by atoms with Gasteiger partial charge in [0.2, 0.25) is 0 Å². The third-order valence-corrected chi connectivity index (χ3v) is 3.84. The predicted octanol–water partition coefficient (Wildman–Crippen LogP) is 3.29. The minimum absolute atomic E-state index is 0.710. The lowest BCUT2D eigenvalue weighted by atomic mass is 9.90. The number of thioether (sulfide) groups is 1. The Labute approximate surface area is 108 Å². The summed E-state index contributed by atoms with van der Waals surface area (Å²) in [6.45, 7) is 2.19. The molecule has 2 N–H and O–H groups in total. The summed E-state index contributed by atoms with van der Waals surface area (Å²) >= 11 is 1.88. The van der Waals surface area contributed by atoms with Crippen molar-refractivity contribution in [2.24, 2.45) is 5.73 Å². The van der Waals surface area contributed by atoms with E-state index in [2.05, 4.69) is 13.0 Å². The minimum Gasteiger partial charge on any atom is -0.310 e. The summed E-state index contributed by atoms with van der Waals surface area (Å²) in [7, 11) is 0. The van der Waals surface area contributed by atoms with Crippen molar-refractivity contribution in [1.29, 1.82) is 5.26 Å². The Morgan fingerprint density at radius 3 is 2.59 bits per heavy atom. The molecule has 17 heavy (non-hydrogen) atoms. The minimum atomic E-state index is -0.833. The lowest BCUT2D eigenvalue weighted by Crippen LogP contribution is -2.35. The average molecular weight is 248 g/mol. The number of nitriles is 1. The van der Waals surface area contributed by atoms with E-state index in [1.807, 2.05) is 42.1 Å². The standard InChI is InChI=1S/C14H20N2S/c1-2-3-10-17-11-9-14(16,12-15)13-7-5-4-6-8-13/h4-8H,2-3,9-11,16H2,1H3. The van der Waals surface area contributed by atoms with Gasteiger partial charge < -0.3 is 5.73 Å². The van der Waals surface area contributed by atoms with Crippen LogP contribution in [-0.4, -0.2) is 11.5 Å². The maximum Gasteiger partial charge on any atom is 0.130 e. The molecule has 1 unspecified atom stereocenters. The van der Waals surface area contributed by atoms with Crippen LogP contribution in [0.4, 0.5) is 0 Å². The van der Waals surface area contributed by atoms with Gasteiger partial charge in [0.15, 0.2) is 0 Å². The number of benzene rings is 1. The van der Waals surface area contributed by atoms with Crippen molar-refractivity contribution in [3.8, 4) is 6.07 Å². The van der Waals surface area contributed by atoms with Crippen molar-refractivity contribution >= 4 is 11.8 Å². The Morgan fingerprint density at radius 2 is 2.00 bits per heavy atom. The number of nitrogens with zero attached hydrogens (tertiary/aromatic N) is 1. The first-order valence-corrected chi connectivity index (χ1v) is 7.22. The van der Waals surface area contributed by atoms with E-state index in [1.165, 1.54) is 12.8 Å². The van der Waals surface area contributed by atoms with Crippen LogP contribution in [0.15, 0.2) is 30.3 Å². The molecule has 0 amide bonds. The highest BCUT2D eigenvalue weighted by Gasteiger charge is 2.26. The highest BCUT2D eigenvalue weighted by molar-refractivity contribution is 7.99. The molecular formula is C14H20N2S. The summed E-state index contributed by atoms with van der Waals surface area (Å²) in [4.78, 5) is 0. The molecule has 1 atom stereocenters. The molecule has 1 rings (SSSR count). The molecule has 0 aliphatic carbocycles. The molecule has 0 radical (unpaired) electrons. The molecule has 92 valence electrons. The fraction of sp³-hybridized carbons (Fsp3) is 0.500. The predicted molar refractivity (Wildman–Crippen MR) is 74.8 cm³/mol. The van der Waals surface area contributed by atoms with E-state index in [9.17, 15) is 5.26 Å². The first kappa shape index (κ1) is 14.1. The summed E-state index contributed by atoms with van der Waals surface area (Å²) in [6, 6.07) is 11.9. The molecule has 0 heterocycles. The zero-order chi connectivity index (χ0) is 12.6. The van der Waals surface area contributed by atoms with Crippen LogP contribution in [0, 0.1) is 11.3 Å². The molecule has 3 heteroatoms. The Hall–Kier alpha value is -0.980. The smallest absolute Gasteiger partial charge is 0.130 e. The van der Waals surface area contributed by atoms with Gasteiger partial charge in [0.1, 0.15) is 5.54 Å². The second-order valence-electron chi connectivity index (χ2n) is 4.17. The van der Waals surface area contributed by atoms with Gasteiger partial charge in [-0.05, 0) is 29.9 Å². The highest BCUT2D eigenvalue weighted by Crippen LogP contribution is 2.23. The van der Waals surface area contributed by atoms with Crippen molar-refractivity contribution in [3.63, 3.8) is 0 Å². The van der Waals surface area contributed by atoms with Crippen molar-refractivity contribution in [1.82, 2.24) is 0 Å². The van der Waals surface area contributed by atoms with Crippen LogP contribution in [0.3, 0.4) is 0 Å². The number of nitrogens with two attached hydrogens (primary N) is 1. The van der Waals surface area contributed by atoms with Crippen molar-refractivity contribution in [3.05, 3.63) is 35.9 Å². The van der Waals surface area contributed by atoms with E-state index in [0.717, 1.165) is 17.1 Å². The zero-order valence-electron chi connectivity index (χ0n) is 10.4. The van der Waals surface area contributed by atoms with Crippen LogP contribution in [0.25, 0.3) is 0 Å². The lowest BCUT2D eigenvalue weighted by Gasteiger charge is -2.21. The Morgan fingerprint density at radius 1 is 1.29 bits per heavy atom. The first-order valence-electron chi connectivity index (χ1n) is 6.06. The Kier molecular flexibility index (Phi) is 6.10. The molecule has 0 saturated heterocycles. The maximum absolute atomic E-state index is 9.26. The van der Waals surface area contributed by atoms with Crippen LogP contribution in [0.2, 0.25) is 0 Å². The van der Waals surface area contributed by atoms with E-state index >= 15 is 0 Å². The zero-order valence-corrected chi connectivity index (χ0v) is 11.2. The molecule has 0 bridgehead atoms. The Balaban J connectivity index is 2.50. The molecule has 2 nitrogen and oxygen atoms in total. The molecule has 0 fully saturated rings. The Bertz CT molecular complexity index is 358. The van der Waals surface area contributed by atoms with Gasteiger partial charge in [0, 0.05) is 0 Å². The first-order chi connectivity index (χ1) is 8.23. The van der Waals surface area contributed by atoms with Crippen LogP contribution in [0.5, 0.6) is 0 Å². The van der Waals surface area contributed by atoms with Gasteiger partial charge in [-0.3, -0.25) is 0 Å². The number of rotatable bonds is 7. The normalized spacial score (nSPS) is 13.9. The SMILES string of the molecule is CCCCSCCC(N)(C#N)c1ccccc1. The summed E-state index contributed by atoms with van der Waals surface area (Å²) < 4.78 is 0. The van der Waals surface area contributed by atoms with Gasteiger partial charge in [0.25, 0.3) is 0 Å². The topological polar surface area (TPSA) is 49.8 Å². The molecule has 0 saturated carbocycles. The van der Waals surface area contributed by atoms with Crippen LogP contribution < -0.4 is 5.73 Å². The third kappa shape index (κ3) is 4.41. The van der Waals surface area contributed by atoms with Crippen molar-refractivity contribution in [2.75, 3.05) is 11.5 Å². The average Bonchev–Trinajstić information content (AvgIpc) is 2.39. The summed E-state index contributed by atoms with van der Waals surface area (Å²) in [5.41, 5.74) is 6.24. The summed E-state index contributed by atoms with van der Waals surface area (Å²) in [6.07, 6.45) is 3.17. The van der Waals surface area contributed by atoms with Gasteiger partial charge in [-0.1, -0.05) is 43.7 Å². The van der Waals surface area contributed by atoms with Crippen molar-refractivity contribution < 1.29 is 0 Å². The van der Waals surface area contributed by atoms with E-state index in [-0.39, 0.29) is 0 Å². The molecule has 1 aromatic carbocycles. The molecular weight excluding hydrogens is 228 g/mol. The van der Waals surface area contributed by atoms with E-state index in [1.54, 1.807) is 0 Å². The second-order valence-corrected chi connectivity index (χ2v) is 5.39. The second kappa shape index (κ2) is 7.37. The molecule has 1 aromatic rings. The van der Waals surface area contributed by atoms with E-state index < -0.39 is 5.54 Å². The van der Waals surface area contributed by atoms with Crippen molar-refractivity contribution in [2.45, 2.75) is 31.7 Å². The third-order valence-electron chi connectivity index (χ3n) is 2.77. The maximum atomic E-state index is 9.26. The van der Waals surface area contributed by atoms with Crippen LogP contribution in [0.1, 0.15) is 31.7 Å².